The Bertz CT molecular complexity index is 445. The normalized spacial score (nSPS) is 22.9. The minimum Gasteiger partial charge on any atom is -0.444 e. The summed E-state index contributed by atoms with van der Waals surface area (Å²) in [6.07, 6.45) is -0.478. The summed E-state index contributed by atoms with van der Waals surface area (Å²) in [6.45, 7) is 11.4. The van der Waals surface area contributed by atoms with Crippen LogP contribution in [-0.4, -0.2) is 53.6 Å². The van der Waals surface area contributed by atoms with Gasteiger partial charge in [0.1, 0.15) is 11.6 Å². The number of hydrogen-bond acceptors (Lipinski definition) is 4. The molecule has 0 aliphatic carbocycles. The summed E-state index contributed by atoms with van der Waals surface area (Å²) in [5.41, 5.74) is -0.554. The van der Waals surface area contributed by atoms with Crippen molar-refractivity contribution < 1.29 is 19.1 Å². The van der Waals surface area contributed by atoms with Gasteiger partial charge in [0.25, 0.3) is 0 Å². The summed E-state index contributed by atoms with van der Waals surface area (Å²) < 4.78 is 5.23. The molecular formula is C15H27N3O4. The van der Waals surface area contributed by atoms with E-state index >= 15 is 0 Å². The van der Waals surface area contributed by atoms with Crippen LogP contribution in [0.25, 0.3) is 0 Å². The highest BCUT2D eigenvalue weighted by Crippen LogP contribution is 2.18. The fourth-order valence-corrected chi connectivity index (χ4v) is 2.43. The van der Waals surface area contributed by atoms with Crippen molar-refractivity contribution in [3.05, 3.63) is 0 Å². The van der Waals surface area contributed by atoms with Crippen LogP contribution in [-0.2, 0) is 14.3 Å². The Balaban J connectivity index is 2.56. The highest BCUT2D eigenvalue weighted by atomic mass is 16.6. The average Bonchev–Trinajstić information content (AvgIpc) is 2.66. The van der Waals surface area contributed by atoms with Crippen LogP contribution in [0.3, 0.4) is 0 Å². The third kappa shape index (κ3) is 5.54. The Morgan fingerprint density at radius 2 is 1.82 bits per heavy atom. The second-order valence-corrected chi connectivity index (χ2v) is 6.90. The second-order valence-electron chi connectivity index (χ2n) is 6.90. The third-order valence-corrected chi connectivity index (χ3v) is 3.42. The van der Waals surface area contributed by atoms with E-state index in [1.165, 1.54) is 6.92 Å². The van der Waals surface area contributed by atoms with Crippen molar-refractivity contribution in [2.45, 2.75) is 59.2 Å². The Hall–Kier alpha value is -1.79. The predicted molar refractivity (Wildman–Crippen MR) is 82.2 cm³/mol. The number of carbonyl (C=O) groups is 3. The van der Waals surface area contributed by atoms with Crippen LogP contribution in [0.1, 0.15) is 41.5 Å². The summed E-state index contributed by atoms with van der Waals surface area (Å²) in [7, 11) is 0. The van der Waals surface area contributed by atoms with E-state index in [2.05, 4.69) is 10.6 Å². The van der Waals surface area contributed by atoms with Crippen LogP contribution >= 0.6 is 0 Å². The minimum atomic E-state index is -0.565. The van der Waals surface area contributed by atoms with Gasteiger partial charge in [-0.1, -0.05) is 6.92 Å². The summed E-state index contributed by atoms with van der Waals surface area (Å²) in [4.78, 5) is 36.8. The number of nitrogens with zero attached hydrogens (tertiary/aromatic N) is 1. The molecule has 1 fully saturated rings. The highest BCUT2D eigenvalue weighted by Gasteiger charge is 2.35. The van der Waals surface area contributed by atoms with Gasteiger partial charge in [-0.25, -0.2) is 4.79 Å². The molecule has 0 unspecified atom stereocenters. The van der Waals surface area contributed by atoms with Crippen molar-refractivity contribution in [3.63, 3.8) is 0 Å². The van der Waals surface area contributed by atoms with Crippen molar-refractivity contribution in [1.82, 2.24) is 15.5 Å². The molecule has 3 atom stereocenters. The Labute approximate surface area is 131 Å². The first-order valence-corrected chi connectivity index (χ1v) is 7.55. The Morgan fingerprint density at radius 3 is 2.32 bits per heavy atom. The number of ether oxygens (including phenoxy) is 1. The largest absolute Gasteiger partial charge is 0.444 e. The van der Waals surface area contributed by atoms with Gasteiger partial charge < -0.3 is 20.3 Å². The molecule has 2 N–H and O–H groups in total. The van der Waals surface area contributed by atoms with Crippen LogP contribution in [0.4, 0.5) is 4.79 Å². The van der Waals surface area contributed by atoms with Crippen molar-refractivity contribution in [3.8, 4) is 0 Å². The van der Waals surface area contributed by atoms with Crippen molar-refractivity contribution >= 4 is 17.9 Å². The maximum atomic E-state index is 12.3. The Kier molecular flexibility index (Phi) is 5.79. The fraction of sp³-hybridized carbons (Fsp3) is 0.800. The highest BCUT2D eigenvalue weighted by molar-refractivity contribution is 5.86. The third-order valence-electron chi connectivity index (χ3n) is 3.42. The van der Waals surface area contributed by atoms with Gasteiger partial charge in [-0.15, -0.1) is 0 Å². The van der Waals surface area contributed by atoms with Gasteiger partial charge in [0.2, 0.25) is 11.8 Å². The SMILES string of the molecule is CC(=O)N[C@H](C)C(=O)N1C[C@@H](C)[C@H](NC(=O)OC(C)(C)C)C1. The van der Waals surface area contributed by atoms with Crippen molar-refractivity contribution in [1.29, 1.82) is 0 Å². The van der Waals surface area contributed by atoms with E-state index in [9.17, 15) is 14.4 Å². The number of amides is 3. The monoisotopic (exact) mass is 313 g/mol. The fourth-order valence-electron chi connectivity index (χ4n) is 2.43. The first-order chi connectivity index (χ1) is 9.99. The minimum absolute atomic E-state index is 0.126. The van der Waals surface area contributed by atoms with E-state index in [-0.39, 0.29) is 23.8 Å². The van der Waals surface area contributed by atoms with Crippen LogP contribution < -0.4 is 10.6 Å². The number of alkyl carbamates (subject to hydrolysis) is 1. The first-order valence-electron chi connectivity index (χ1n) is 7.55. The number of carbonyl (C=O) groups excluding carboxylic acids is 3. The van der Waals surface area contributed by atoms with Crippen LogP contribution in [0.5, 0.6) is 0 Å². The van der Waals surface area contributed by atoms with Gasteiger partial charge in [0.15, 0.2) is 0 Å². The maximum absolute atomic E-state index is 12.3. The molecule has 0 radical (unpaired) electrons. The quantitative estimate of drug-likeness (QED) is 0.810. The molecule has 0 aromatic carbocycles. The van der Waals surface area contributed by atoms with E-state index in [4.69, 9.17) is 4.74 Å². The van der Waals surface area contributed by atoms with E-state index in [0.717, 1.165) is 0 Å². The molecule has 7 nitrogen and oxygen atoms in total. The first kappa shape index (κ1) is 18.3. The molecule has 1 aliphatic heterocycles. The summed E-state index contributed by atoms with van der Waals surface area (Å²) in [6, 6.07) is -0.715. The van der Waals surface area contributed by atoms with Gasteiger partial charge in [-0.3, -0.25) is 9.59 Å². The molecular weight excluding hydrogens is 286 g/mol. The number of rotatable bonds is 3. The molecule has 0 bridgehead atoms. The standard InChI is InChI=1S/C15H27N3O4/c1-9-7-18(13(20)10(2)16-11(3)19)8-12(9)17-14(21)22-15(4,5)6/h9-10,12H,7-8H2,1-6H3,(H,16,19)(H,17,21)/t9-,10-,12-/m1/s1. The summed E-state index contributed by atoms with van der Waals surface area (Å²) >= 11 is 0. The van der Waals surface area contributed by atoms with Gasteiger partial charge in [-0.2, -0.15) is 0 Å². The molecule has 0 aromatic heterocycles. The lowest BCUT2D eigenvalue weighted by atomic mass is 10.1. The predicted octanol–water partition coefficient (Wildman–Crippen LogP) is 0.883. The molecule has 7 heteroatoms. The lowest BCUT2D eigenvalue weighted by Gasteiger charge is -2.23. The van der Waals surface area contributed by atoms with Crippen LogP contribution in [0, 0.1) is 5.92 Å². The van der Waals surface area contributed by atoms with E-state index in [1.807, 2.05) is 6.92 Å². The number of likely N-dealkylation sites (tertiary alicyclic amines) is 1. The molecule has 3 amide bonds. The molecule has 22 heavy (non-hydrogen) atoms. The summed E-state index contributed by atoms with van der Waals surface area (Å²) in [5.74, 6) is -0.256. The molecule has 1 saturated heterocycles. The maximum Gasteiger partial charge on any atom is 0.407 e. The second kappa shape index (κ2) is 6.98. The molecule has 0 aromatic rings. The van der Waals surface area contributed by atoms with E-state index < -0.39 is 17.7 Å². The van der Waals surface area contributed by atoms with Gasteiger partial charge in [-0.05, 0) is 33.6 Å². The topological polar surface area (TPSA) is 87.7 Å². The van der Waals surface area contributed by atoms with Crippen molar-refractivity contribution in [2.75, 3.05) is 13.1 Å². The molecule has 0 saturated carbocycles. The zero-order chi connectivity index (χ0) is 17.1. The van der Waals surface area contributed by atoms with Crippen LogP contribution in [0.15, 0.2) is 0 Å². The Morgan fingerprint density at radius 1 is 1.23 bits per heavy atom. The van der Waals surface area contributed by atoms with Gasteiger partial charge >= 0.3 is 6.09 Å². The van der Waals surface area contributed by atoms with Gasteiger partial charge in [0.05, 0.1) is 6.04 Å². The molecule has 126 valence electrons. The smallest absolute Gasteiger partial charge is 0.407 e. The van der Waals surface area contributed by atoms with Crippen molar-refractivity contribution in [2.24, 2.45) is 5.92 Å². The van der Waals surface area contributed by atoms with Gasteiger partial charge in [0, 0.05) is 20.0 Å². The molecule has 0 spiro atoms. The molecule has 1 rings (SSSR count). The lowest BCUT2D eigenvalue weighted by molar-refractivity contribution is -0.134. The van der Waals surface area contributed by atoms with E-state index in [0.29, 0.717) is 13.1 Å². The molecule has 1 aliphatic rings. The average molecular weight is 313 g/mol. The summed E-state index contributed by atoms with van der Waals surface area (Å²) in [5, 5.41) is 5.39. The number of hydrogen-bond donors (Lipinski definition) is 2. The molecule has 1 heterocycles. The zero-order valence-electron chi connectivity index (χ0n) is 14.2. The zero-order valence-corrected chi connectivity index (χ0v) is 14.2. The van der Waals surface area contributed by atoms with Crippen LogP contribution in [0.2, 0.25) is 0 Å². The lowest BCUT2D eigenvalue weighted by Crippen LogP contribution is -2.47. The number of nitrogens with one attached hydrogen (secondary N) is 2. The van der Waals surface area contributed by atoms with E-state index in [1.54, 1.807) is 32.6 Å².